The van der Waals surface area contributed by atoms with Gasteiger partial charge in [-0.2, -0.15) is 18.2 Å². The fourth-order valence-electron chi connectivity index (χ4n) is 3.76. The molecule has 0 atom stereocenters. The predicted molar refractivity (Wildman–Crippen MR) is 131 cm³/mol. The van der Waals surface area contributed by atoms with E-state index in [4.69, 9.17) is 9.47 Å². The SMILES string of the molecule is COc1cc(OC)cc(N2Cc3cnc(Nc4ccc(C(F)(F)F)cc4NC(C)=O)nc3N(C)C2=O)c1. The van der Waals surface area contributed by atoms with Gasteiger partial charge in [0.25, 0.3) is 0 Å². The lowest BCUT2D eigenvalue weighted by atomic mass is 10.1. The van der Waals surface area contributed by atoms with E-state index in [9.17, 15) is 22.8 Å². The Kier molecular flexibility index (Phi) is 6.79. The molecule has 1 aromatic heterocycles. The Balaban J connectivity index is 1.65. The molecular weight excluding hydrogens is 493 g/mol. The minimum Gasteiger partial charge on any atom is -0.497 e. The zero-order valence-corrected chi connectivity index (χ0v) is 20.3. The van der Waals surface area contributed by atoms with Crippen molar-refractivity contribution in [2.24, 2.45) is 0 Å². The van der Waals surface area contributed by atoms with Crippen molar-refractivity contribution in [1.82, 2.24) is 9.97 Å². The van der Waals surface area contributed by atoms with Gasteiger partial charge >= 0.3 is 12.2 Å². The molecule has 2 aromatic carbocycles. The lowest BCUT2D eigenvalue weighted by Crippen LogP contribution is -2.46. The fraction of sp³-hybridized carbons (Fsp3) is 0.250. The summed E-state index contributed by atoms with van der Waals surface area (Å²) < 4.78 is 50.1. The molecule has 37 heavy (non-hydrogen) atoms. The Morgan fingerprint density at radius 1 is 1.05 bits per heavy atom. The Morgan fingerprint density at radius 3 is 2.32 bits per heavy atom. The molecule has 4 rings (SSSR count). The largest absolute Gasteiger partial charge is 0.497 e. The molecule has 0 fully saturated rings. The first-order valence-corrected chi connectivity index (χ1v) is 10.9. The number of carbonyl (C=O) groups excluding carboxylic acids is 2. The number of benzene rings is 2. The maximum atomic E-state index is 13.2. The summed E-state index contributed by atoms with van der Waals surface area (Å²) in [6, 6.07) is 7.58. The lowest BCUT2D eigenvalue weighted by molar-refractivity contribution is -0.137. The minimum atomic E-state index is -4.59. The number of amides is 3. The van der Waals surface area contributed by atoms with Crippen LogP contribution in [0.3, 0.4) is 0 Å². The van der Waals surface area contributed by atoms with E-state index in [-0.39, 0.29) is 29.9 Å². The first-order valence-electron chi connectivity index (χ1n) is 10.9. The Morgan fingerprint density at radius 2 is 1.73 bits per heavy atom. The molecule has 1 aliphatic rings. The zero-order chi connectivity index (χ0) is 26.9. The highest BCUT2D eigenvalue weighted by Crippen LogP contribution is 2.37. The number of urea groups is 1. The molecule has 2 heterocycles. The highest BCUT2D eigenvalue weighted by Gasteiger charge is 2.33. The Labute approximate surface area is 210 Å². The second kappa shape index (κ2) is 9.84. The van der Waals surface area contributed by atoms with Crippen LogP contribution >= 0.6 is 0 Å². The topological polar surface area (TPSA) is 109 Å². The number of nitrogens with zero attached hydrogens (tertiary/aromatic N) is 4. The number of hydrogen-bond donors (Lipinski definition) is 2. The molecule has 2 N–H and O–H groups in total. The van der Waals surface area contributed by atoms with Gasteiger partial charge in [-0.1, -0.05) is 0 Å². The third-order valence-electron chi connectivity index (χ3n) is 5.56. The van der Waals surface area contributed by atoms with E-state index in [0.29, 0.717) is 28.6 Å². The van der Waals surface area contributed by atoms with Crippen molar-refractivity contribution in [3.63, 3.8) is 0 Å². The van der Waals surface area contributed by atoms with Gasteiger partial charge in [-0.05, 0) is 18.2 Å². The van der Waals surface area contributed by atoms with E-state index in [2.05, 4.69) is 20.6 Å². The second-order valence-corrected chi connectivity index (χ2v) is 8.11. The maximum Gasteiger partial charge on any atom is 0.416 e. The van der Waals surface area contributed by atoms with Crippen LogP contribution in [0.15, 0.2) is 42.6 Å². The van der Waals surface area contributed by atoms with Crippen LogP contribution in [0.25, 0.3) is 0 Å². The van der Waals surface area contributed by atoms with Gasteiger partial charge in [-0.3, -0.25) is 14.6 Å². The molecular formula is C24H23F3N6O4. The fourth-order valence-corrected chi connectivity index (χ4v) is 3.76. The van der Waals surface area contributed by atoms with E-state index in [1.165, 1.54) is 43.2 Å². The summed E-state index contributed by atoms with van der Waals surface area (Å²) in [5.41, 5.74) is 0.312. The van der Waals surface area contributed by atoms with Crippen LogP contribution in [0.1, 0.15) is 18.1 Å². The summed E-state index contributed by atoms with van der Waals surface area (Å²) in [5, 5.41) is 5.20. The van der Waals surface area contributed by atoms with Crippen LogP contribution < -0.4 is 29.9 Å². The summed E-state index contributed by atoms with van der Waals surface area (Å²) in [6.07, 6.45) is -3.07. The number of methoxy groups -OCH3 is 2. The van der Waals surface area contributed by atoms with E-state index in [0.717, 1.165) is 12.1 Å². The number of hydrogen-bond acceptors (Lipinski definition) is 7. The molecule has 0 saturated heterocycles. The third-order valence-corrected chi connectivity index (χ3v) is 5.56. The molecule has 1 aliphatic heterocycles. The van der Waals surface area contributed by atoms with Crippen LogP contribution in [0, 0.1) is 0 Å². The molecule has 194 valence electrons. The van der Waals surface area contributed by atoms with Gasteiger partial charge in [0.15, 0.2) is 0 Å². The summed E-state index contributed by atoms with van der Waals surface area (Å²) in [6.45, 7) is 1.34. The van der Waals surface area contributed by atoms with Crippen LogP contribution in [-0.4, -0.2) is 43.2 Å². The van der Waals surface area contributed by atoms with Crippen molar-refractivity contribution < 1.29 is 32.2 Å². The Bertz CT molecular complexity index is 1340. The van der Waals surface area contributed by atoms with Gasteiger partial charge < -0.3 is 20.1 Å². The average Bonchev–Trinajstić information content (AvgIpc) is 2.86. The van der Waals surface area contributed by atoms with Gasteiger partial charge in [0.1, 0.15) is 17.3 Å². The first-order chi connectivity index (χ1) is 17.5. The monoisotopic (exact) mass is 516 g/mol. The summed E-state index contributed by atoms with van der Waals surface area (Å²) in [4.78, 5) is 36.3. The van der Waals surface area contributed by atoms with Crippen molar-refractivity contribution in [3.8, 4) is 11.5 Å². The zero-order valence-electron chi connectivity index (χ0n) is 20.3. The van der Waals surface area contributed by atoms with E-state index in [1.807, 2.05) is 0 Å². The molecule has 0 radical (unpaired) electrons. The number of fused-ring (bicyclic) bond motifs is 1. The van der Waals surface area contributed by atoms with Crippen LogP contribution in [0.5, 0.6) is 11.5 Å². The molecule has 0 saturated carbocycles. The third kappa shape index (κ3) is 5.34. The van der Waals surface area contributed by atoms with Gasteiger partial charge in [-0.15, -0.1) is 0 Å². The van der Waals surface area contributed by atoms with E-state index in [1.54, 1.807) is 25.2 Å². The van der Waals surface area contributed by atoms with E-state index < -0.39 is 17.6 Å². The highest BCUT2D eigenvalue weighted by molar-refractivity contribution is 6.05. The van der Waals surface area contributed by atoms with Crippen LogP contribution in [0.2, 0.25) is 0 Å². The van der Waals surface area contributed by atoms with Gasteiger partial charge in [0.05, 0.1) is 43.4 Å². The molecule has 0 unspecified atom stereocenters. The average molecular weight is 516 g/mol. The van der Waals surface area contributed by atoms with Crippen molar-refractivity contribution in [2.45, 2.75) is 19.6 Å². The predicted octanol–water partition coefficient (Wildman–Crippen LogP) is 4.79. The number of carbonyl (C=O) groups is 2. The number of halogens is 3. The number of ether oxygens (including phenoxy) is 2. The minimum absolute atomic E-state index is 0.0289. The van der Waals surface area contributed by atoms with Crippen molar-refractivity contribution in [1.29, 1.82) is 0 Å². The highest BCUT2D eigenvalue weighted by atomic mass is 19.4. The van der Waals surface area contributed by atoms with Crippen molar-refractivity contribution >= 4 is 40.8 Å². The molecule has 10 nitrogen and oxygen atoms in total. The molecule has 3 amide bonds. The number of rotatable bonds is 6. The normalized spacial score (nSPS) is 13.2. The van der Waals surface area contributed by atoms with Gasteiger partial charge in [-0.25, -0.2) is 9.78 Å². The number of nitrogens with one attached hydrogen (secondary N) is 2. The molecule has 3 aromatic rings. The van der Waals surface area contributed by atoms with Crippen LogP contribution in [-0.2, 0) is 17.5 Å². The first kappa shape index (κ1) is 25.5. The van der Waals surface area contributed by atoms with Crippen LogP contribution in [0.4, 0.5) is 46.8 Å². The standard InChI is InChI=1S/C24H23F3N6O4/c1-13(34)29-20-7-15(24(25,26)27)5-6-19(20)30-22-28-11-14-12-33(23(35)32(2)21(14)31-22)16-8-17(36-3)10-18(9-16)37-4/h5-11H,12H2,1-4H3,(H,29,34)(H,28,30,31). The molecule has 0 spiro atoms. The second-order valence-electron chi connectivity index (χ2n) is 8.11. The number of anilines is 5. The van der Waals surface area contributed by atoms with Gasteiger partial charge in [0, 0.05) is 43.9 Å². The quantitative estimate of drug-likeness (QED) is 0.485. The van der Waals surface area contributed by atoms with E-state index >= 15 is 0 Å². The van der Waals surface area contributed by atoms with Crippen molar-refractivity contribution in [2.75, 3.05) is 41.7 Å². The summed E-state index contributed by atoms with van der Waals surface area (Å²) in [7, 11) is 4.56. The lowest BCUT2D eigenvalue weighted by Gasteiger charge is -2.34. The smallest absolute Gasteiger partial charge is 0.416 e. The maximum absolute atomic E-state index is 13.2. The molecule has 13 heteroatoms. The summed E-state index contributed by atoms with van der Waals surface area (Å²) in [5.74, 6) is 0.826. The molecule has 0 bridgehead atoms. The van der Waals surface area contributed by atoms with Gasteiger partial charge in [0.2, 0.25) is 11.9 Å². The number of aromatic nitrogens is 2. The number of alkyl halides is 3. The molecule has 0 aliphatic carbocycles. The summed E-state index contributed by atoms with van der Waals surface area (Å²) >= 11 is 0. The Hall–Kier alpha value is -4.55. The van der Waals surface area contributed by atoms with Crippen molar-refractivity contribution in [3.05, 3.63) is 53.7 Å².